The summed E-state index contributed by atoms with van der Waals surface area (Å²) < 4.78 is 17.7. The maximum Gasteiger partial charge on any atom is 0.266 e. The maximum atomic E-state index is 12.9. The van der Waals surface area contributed by atoms with Crippen molar-refractivity contribution >= 4 is 40.3 Å². The van der Waals surface area contributed by atoms with E-state index in [-0.39, 0.29) is 12.0 Å². The largest absolute Gasteiger partial charge is 0.493 e. The SMILES string of the molecule is COc1cc(/C=C2\SC(=S)N(C[C@@H]3CCCO3)C2=O)ccc1OCc1ccc(C)cc1. The molecule has 2 heterocycles. The fourth-order valence-electron chi connectivity index (χ4n) is 3.54. The van der Waals surface area contributed by atoms with Crippen molar-refractivity contribution in [1.82, 2.24) is 4.90 Å². The highest BCUT2D eigenvalue weighted by atomic mass is 32.2. The third-order valence-corrected chi connectivity index (χ3v) is 6.66. The van der Waals surface area contributed by atoms with Crippen LogP contribution in [0.1, 0.15) is 29.5 Å². The van der Waals surface area contributed by atoms with Crippen LogP contribution in [0.5, 0.6) is 11.5 Å². The van der Waals surface area contributed by atoms with Crippen LogP contribution in [0, 0.1) is 6.92 Å². The summed E-state index contributed by atoms with van der Waals surface area (Å²) in [5.41, 5.74) is 3.16. The summed E-state index contributed by atoms with van der Waals surface area (Å²) in [6, 6.07) is 13.9. The lowest BCUT2D eigenvalue weighted by Gasteiger charge is -2.18. The van der Waals surface area contributed by atoms with Gasteiger partial charge >= 0.3 is 0 Å². The number of rotatable bonds is 7. The molecule has 1 atom stereocenters. The van der Waals surface area contributed by atoms with E-state index in [1.54, 1.807) is 12.0 Å². The number of carbonyl (C=O) groups is 1. The predicted molar refractivity (Wildman–Crippen MR) is 127 cm³/mol. The molecule has 0 unspecified atom stereocenters. The fourth-order valence-corrected chi connectivity index (χ4v) is 4.81. The van der Waals surface area contributed by atoms with Crippen LogP contribution < -0.4 is 9.47 Å². The minimum atomic E-state index is -0.0656. The van der Waals surface area contributed by atoms with Crippen molar-refractivity contribution in [1.29, 1.82) is 0 Å². The first kappa shape index (κ1) is 21.9. The molecule has 2 aromatic carbocycles. The molecule has 162 valence electrons. The number of thiocarbonyl (C=S) groups is 1. The second kappa shape index (κ2) is 9.85. The third kappa shape index (κ3) is 5.29. The predicted octanol–water partition coefficient (Wildman–Crippen LogP) is 4.96. The normalized spacial score (nSPS) is 20.0. The molecule has 2 aromatic rings. The van der Waals surface area contributed by atoms with Crippen molar-refractivity contribution in [3.8, 4) is 11.5 Å². The zero-order valence-corrected chi connectivity index (χ0v) is 19.3. The van der Waals surface area contributed by atoms with Crippen molar-refractivity contribution in [2.24, 2.45) is 0 Å². The number of ether oxygens (including phenoxy) is 3. The molecule has 0 radical (unpaired) electrons. The number of methoxy groups -OCH3 is 1. The first-order valence-corrected chi connectivity index (χ1v) is 11.5. The Hall–Kier alpha value is -2.35. The van der Waals surface area contributed by atoms with Crippen molar-refractivity contribution in [2.75, 3.05) is 20.3 Å². The van der Waals surface area contributed by atoms with Crippen LogP contribution in [0.15, 0.2) is 47.4 Å². The van der Waals surface area contributed by atoms with E-state index < -0.39 is 0 Å². The van der Waals surface area contributed by atoms with Crippen molar-refractivity contribution in [2.45, 2.75) is 32.5 Å². The van der Waals surface area contributed by atoms with E-state index in [0.717, 1.165) is 30.6 Å². The minimum Gasteiger partial charge on any atom is -0.493 e. The second-order valence-electron chi connectivity index (χ2n) is 7.61. The number of carbonyl (C=O) groups excluding carboxylic acids is 1. The number of benzene rings is 2. The van der Waals surface area contributed by atoms with Gasteiger partial charge in [0.2, 0.25) is 0 Å². The van der Waals surface area contributed by atoms with Gasteiger partial charge in [-0.25, -0.2) is 0 Å². The molecular formula is C24H25NO4S2. The number of hydrogen-bond acceptors (Lipinski definition) is 6. The third-order valence-electron chi connectivity index (χ3n) is 5.28. The number of aryl methyl sites for hydroxylation is 1. The molecule has 2 aliphatic rings. The average molecular weight is 456 g/mol. The molecule has 1 amide bonds. The Morgan fingerprint density at radius 1 is 1.23 bits per heavy atom. The molecular weight excluding hydrogens is 430 g/mol. The van der Waals surface area contributed by atoms with E-state index in [2.05, 4.69) is 31.2 Å². The molecule has 0 spiro atoms. The average Bonchev–Trinajstić information content (AvgIpc) is 3.38. The van der Waals surface area contributed by atoms with Gasteiger partial charge in [-0.05, 0) is 49.1 Å². The smallest absolute Gasteiger partial charge is 0.266 e. The molecule has 2 saturated heterocycles. The van der Waals surface area contributed by atoms with Crippen molar-refractivity contribution in [3.05, 3.63) is 64.1 Å². The van der Waals surface area contributed by atoms with Gasteiger partial charge in [-0.1, -0.05) is 59.9 Å². The molecule has 0 saturated carbocycles. The first-order chi connectivity index (χ1) is 15.0. The highest BCUT2D eigenvalue weighted by Crippen LogP contribution is 2.35. The van der Waals surface area contributed by atoms with Gasteiger partial charge in [-0.3, -0.25) is 9.69 Å². The second-order valence-corrected chi connectivity index (χ2v) is 9.29. The molecule has 0 aromatic heterocycles. The zero-order valence-electron chi connectivity index (χ0n) is 17.6. The Kier molecular flexibility index (Phi) is 6.95. The van der Waals surface area contributed by atoms with Gasteiger partial charge in [0.25, 0.3) is 5.91 Å². The summed E-state index contributed by atoms with van der Waals surface area (Å²) in [6.07, 6.45) is 3.93. The Labute approximate surface area is 192 Å². The van der Waals surface area contributed by atoms with Gasteiger partial charge in [0, 0.05) is 6.61 Å². The number of hydrogen-bond donors (Lipinski definition) is 0. The number of thioether (sulfide) groups is 1. The fraction of sp³-hybridized carbons (Fsp3) is 0.333. The van der Waals surface area contributed by atoms with Crippen LogP contribution in [-0.2, 0) is 16.1 Å². The highest BCUT2D eigenvalue weighted by molar-refractivity contribution is 8.26. The summed E-state index contributed by atoms with van der Waals surface area (Å²) in [5.74, 6) is 1.21. The molecule has 4 rings (SSSR count). The van der Waals surface area contributed by atoms with Crippen LogP contribution in [0.4, 0.5) is 0 Å². The number of amides is 1. The number of nitrogens with zero attached hydrogens (tertiary/aromatic N) is 1. The van der Waals surface area contributed by atoms with Crippen LogP contribution in [0.25, 0.3) is 6.08 Å². The van der Waals surface area contributed by atoms with Crippen LogP contribution >= 0.6 is 24.0 Å². The van der Waals surface area contributed by atoms with Crippen LogP contribution in [0.3, 0.4) is 0 Å². The van der Waals surface area contributed by atoms with Gasteiger partial charge in [0.05, 0.1) is 24.7 Å². The van der Waals surface area contributed by atoms with Crippen molar-refractivity contribution < 1.29 is 19.0 Å². The summed E-state index contributed by atoms with van der Waals surface area (Å²) in [5, 5.41) is 0. The lowest BCUT2D eigenvalue weighted by Crippen LogP contribution is -2.35. The van der Waals surface area contributed by atoms with E-state index in [1.165, 1.54) is 17.3 Å². The van der Waals surface area contributed by atoms with E-state index in [9.17, 15) is 4.79 Å². The highest BCUT2D eigenvalue weighted by Gasteiger charge is 2.34. The van der Waals surface area contributed by atoms with Crippen LogP contribution in [-0.4, -0.2) is 41.5 Å². The van der Waals surface area contributed by atoms with E-state index in [4.69, 9.17) is 26.4 Å². The molecule has 2 fully saturated rings. The van der Waals surface area contributed by atoms with E-state index in [0.29, 0.717) is 33.9 Å². The van der Waals surface area contributed by atoms with Crippen LogP contribution in [0.2, 0.25) is 0 Å². The van der Waals surface area contributed by atoms with Gasteiger partial charge in [-0.2, -0.15) is 0 Å². The quantitative estimate of drug-likeness (QED) is 0.434. The topological polar surface area (TPSA) is 48.0 Å². The molecule has 0 aliphatic carbocycles. The van der Waals surface area contributed by atoms with Gasteiger partial charge in [0.15, 0.2) is 11.5 Å². The van der Waals surface area contributed by atoms with Gasteiger partial charge < -0.3 is 14.2 Å². The lowest BCUT2D eigenvalue weighted by molar-refractivity contribution is -0.123. The summed E-state index contributed by atoms with van der Waals surface area (Å²) in [4.78, 5) is 15.1. The molecule has 0 bridgehead atoms. The summed E-state index contributed by atoms with van der Waals surface area (Å²) >= 11 is 6.76. The Balaban J connectivity index is 1.45. The van der Waals surface area contributed by atoms with E-state index >= 15 is 0 Å². The Morgan fingerprint density at radius 3 is 2.74 bits per heavy atom. The van der Waals surface area contributed by atoms with Gasteiger partial charge in [-0.15, -0.1) is 0 Å². The monoisotopic (exact) mass is 455 g/mol. The molecule has 31 heavy (non-hydrogen) atoms. The van der Waals surface area contributed by atoms with E-state index in [1.807, 2.05) is 24.3 Å². The summed E-state index contributed by atoms with van der Waals surface area (Å²) in [6.45, 7) is 3.80. The molecule has 0 N–H and O–H groups in total. The molecule has 7 heteroatoms. The molecule has 5 nitrogen and oxygen atoms in total. The standard InChI is InChI=1S/C24H25NO4S2/c1-16-5-7-17(8-6-16)15-29-20-10-9-18(12-21(20)27-2)13-22-23(26)25(24(30)31-22)14-19-4-3-11-28-19/h5-10,12-13,19H,3-4,11,14-15H2,1-2H3/b22-13-/t19-/m0/s1. The van der Waals surface area contributed by atoms with Gasteiger partial charge in [0.1, 0.15) is 10.9 Å². The Morgan fingerprint density at radius 2 is 2.03 bits per heavy atom. The maximum absolute atomic E-state index is 12.9. The Bertz CT molecular complexity index is 997. The molecule has 2 aliphatic heterocycles. The zero-order chi connectivity index (χ0) is 21.8. The minimum absolute atomic E-state index is 0.0656. The summed E-state index contributed by atoms with van der Waals surface area (Å²) in [7, 11) is 1.61. The lowest BCUT2D eigenvalue weighted by atomic mass is 10.1. The van der Waals surface area contributed by atoms with Crippen molar-refractivity contribution in [3.63, 3.8) is 0 Å². The first-order valence-electron chi connectivity index (χ1n) is 10.3.